The van der Waals surface area contributed by atoms with E-state index in [9.17, 15) is 0 Å². The molecule has 32 heavy (non-hydrogen) atoms. The number of benzene rings is 1. The summed E-state index contributed by atoms with van der Waals surface area (Å²) < 4.78 is 8.26. The molecule has 166 valence electrons. The zero-order valence-electron chi connectivity index (χ0n) is 18.5. The van der Waals surface area contributed by atoms with Crippen LogP contribution < -0.4 is 15.1 Å². The van der Waals surface area contributed by atoms with Gasteiger partial charge in [-0.2, -0.15) is 0 Å². The monoisotopic (exact) mass is 447 g/mol. The summed E-state index contributed by atoms with van der Waals surface area (Å²) in [5, 5.41) is 4.27. The molecular formula is C25H29N5OS. The minimum atomic E-state index is -0.0460. The van der Waals surface area contributed by atoms with Crippen molar-refractivity contribution in [1.82, 2.24) is 14.9 Å². The van der Waals surface area contributed by atoms with E-state index in [2.05, 4.69) is 87.4 Å². The van der Waals surface area contributed by atoms with Gasteiger partial charge in [-0.05, 0) is 73.6 Å². The summed E-state index contributed by atoms with van der Waals surface area (Å²) in [5.74, 6) is 0. The number of aromatic nitrogens is 2. The predicted octanol–water partition coefficient (Wildman–Crippen LogP) is 4.31. The molecule has 6 nitrogen and oxygen atoms in total. The van der Waals surface area contributed by atoms with E-state index >= 15 is 0 Å². The van der Waals surface area contributed by atoms with Gasteiger partial charge in [0.1, 0.15) is 6.04 Å². The molecule has 1 N–H and O–H groups in total. The van der Waals surface area contributed by atoms with Crippen molar-refractivity contribution in [2.75, 3.05) is 30.5 Å². The van der Waals surface area contributed by atoms with E-state index in [1.54, 1.807) is 0 Å². The van der Waals surface area contributed by atoms with E-state index in [0.717, 1.165) is 43.1 Å². The third-order valence-corrected chi connectivity index (χ3v) is 6.65. The maximum atomic E-state index is 5.93. The lowest BCUT2D eigenvalue weighted by molar-refractivity contribution is 0.0961. The van der Waals surface area contributed by atoms with Crippen molar-refractivity contribution >= 4 is 28.7 Å². The van der Waals surface area contributed by atoms with Crippen molar-refractivity contribution in [3.63, 3.8) is 0 Å². The van der Waals surface area contributed by atoms with E-state index in [0.29, 0.717) is 5.11 Å². The highest BCUT2D eigenvalue weighted by molar-refractivity contribution is 7.80. The van der Waals surface area contributed by atoms with Gasteiger partial charge in [-0.15, -0.1) is 0 Å². The third-order valence-electron chi connectivity index (χ3n) is 6.33. The lowest BCUT2D eigenvalue weighted by atomic mass is 10.0. The lowest BCUT2D eigenvalue weighted by Crippen LogP contribution is -2.31. The molecule has 1 aromatic carbocycles. The molecule has 7 heteroatoms. The molecule has 4 heterocycles. The van der Waals surface area contributed by atoms with Crippen LogP contribution in [0, 0.1) is 0 Å². The quantitative estimate of drug-likeness (QED) is 0.569. The summed E-state index contributed by atoms with van der Waals surface area (Å²) in [6, 6.07) is 18.9. The number of hydrogen-bond donors (Lipinski definition) is 1. The maximum absolute atomic E-state index is 5.93. The Bertz CT molecular complexity index is 1060. The van der Waals surface area contributed by atoms with Crippen LogP contribution in [-0.2, 0) is 11.3 Å². The standard InChI is InChI=1S/C25H29N5OS/c1-28(2)18-10-12-19(13-11-18)30-24(23(27-25(30)32)21-8-3-4-14-26-21)22-9-5-15-29(22)17-20-7-6-16-31-20/h3-5,8-15,20,23-24H,6-7,16-17H2,1-2H3,(H,27,32)/t20-,23-,24+/m1/s1. The Hall–Kier alpha value is -2.90. The van der Waals surface area contributed by atoms with E-state index in [-0.39, 0.29) is 18.2 Å². The van der Waals surface area contributed by atoms with Crippen molar-refractivity contribution in [1.29, 1.82) is 0 Å². The van der Waals surface area contributed by atoms with Gasteiger partial charge in [-0.1, -0.05) is 6.07 Å². The summed E-state index contributed by atoms with van der Waals surface area (Å²) in [6.07, 6.45) is 6.51. The summed E-state index contributed by atoms with van der Waals surface area (Å²) in [4.78, 5) is 9.00. The summed E-state index contributed by atoms with van der Waals surface area (Å²) in [6.45, 7) is 1.71. The molecule has 2 aromatic heterocycles. The van der Waals surface area contributed by atoms with E-state index in [4.69, 9.17) is 17.0 Å². The summed E-state index contributed by atoms with van der Waals surface area (Å²) >= 11 is 5.86. The normalized spacial score (nSPS) is 22.9. The number of thiocarbonyl (C=S) groups is 1. The van der Waals surface area contributed by atoms with Gasteiger partial charge in [0.05, 0.1) is 17.8 Å². The average Bonchev–Trinajstić information content (AvgIpc) is 3.55. The van der Waals surface area contributed by atoms with E-state index in [1.807, 2.05) is 18.3 Å². The van der Waals surface area contributed by atoms with Crippen molar-refractivity contribution in [3.8, 4) is 0 Å². The Labute approximate surface area is 194 Å². The number of ether oxygens (including phenoxy) is 1. The summed E-state index contributed by atoms with van der Waals surface area (Å²) in [5.41, 5.74) is 4.42. The fraction of sp³-hybridized carbons (Fsp3) is 0.360. The van der Waals surface area contributed by atoms with E-state index in [1.165, 1.54) is 5.69 Å². The Kier molecular flexibility index (Phi) is 5.85. The topological polar surface area (TPSA) is 45.6 Å². The number of anilines is 2. The molecule has 2 fully saturated rings. The van der Waals surface area contributed by atoms with Crippen LogP contribution in [-0.4, -0.2) is 41.5 Å². The second-order valence-electron chi connectivity index (χ2n) is 8.63. The third kappa shape index (κ3) is 3.98. The van der Waals surface area contributed by atoms with Gasteiger partial charge < -0.3 is 24.4 Å². The van der Waals surface area contributed by atoms with Gasteiger partial charge >= 0.3 is 0 Å². The van der Waals surface area contributed by atoms with E-state index < -0.39 is 0 Å². The molecule has 0 amide bonds. The molecule has 3 atom stereocenters. The van der Waals surface area contributed by atoms with Crippen molar-refractivity contribution < 1.29 is 4.74 Å². The highest BCUT2D eigenvalue weighted by atomic mass is 32.1. The first kappa shape index (κ1) is 21.0. The van der Waals surface area contributed by atoms with Crippen LogP contribution in [0.1, 0.15) is 36.3 Å². The summed E-state index contributed by atoms with van der Waals surface area (Å²) in [7, 11) is 4.10. The van der Waals surface area contributed by atoms with Crippen LogP contribution in [0.3, 0.4) is 0 Å². The van der Waals surface area contributed by atoms with Gasteiger partial charge in [-0.25, -0.2) is 0 Å². The maximum Gasteiger partial charge on any atom is 0.174 e. The molecule has 0 aliphatic carbocycles. The smallest absolute Gasteiger partial charge is 0.174 e. The largest absolute Gasteiger partial charge is 0.378 e. The molecule has 2 aliphatic rings. The minimum absolute atomic E-state index is 0.0148. The number of nitrogens with one attached hydrogen (secondary N) is 1. The number of rotatable bonds is 6. The molecule has 5 rings (SSSR count). The van der Waals surface area contributed by atoms with Crippen LogP contribution >= 0.6 is 12.2 Å². The Morgan fingerprint density at radius 1 is 1.12 bits per heavy atom. The Morgan fingerprint density at radius 3 is 2.66 bits per heavy atom. The molecule has 0 unspecified atom stereocenters. The van der Waals surface area contributed by atoms with Gasteiger partial charge in [0, 0.05) is 56.7 Å². The minimum Gasteiger partial charge on any atom is -0.378 e. The van der Waals surface area contributed by atoms with Gasteiger partial charge in [0.25, 0.3) is 0 Å². The van der Waals surface area contributed by atoms with Crippen LogP contribution in [0.15, 0.2) is 67.0 Å². The highest BCUT2D eigenvalue weighted by Gasteiger charge is 2.42. The first-order valence-electron chi connectivity index (χ1n) is 11.2. The fourth-order valence-electron chi connectivity index (χ4n) is 4.71. The fourth-order valence-corrected chi connectivity index (χ4v) is 5.06. The number of nitrogens with zero attached hydrogens (tertiary/aromatic N) is 4. The Morgan fingerprint density at radius 2 is 1.97 bits per heavy atom. The lowest BCUT2D eigenvalue weighted by Gasteiger charge is -2.29. The molecule has 0 bridgehead atoms. The first-order chi connectivity index (χ1) is 15.6. The van der Waals surface area contributed by atoms with Crippen LogP contribution in [0.4, 0.5) is 11.4 Å². The molecule has 0 saturated carbocycles. The first-order valence-corrected chi connectivity index (χ1v) is 11.6. The SMILES string of the molecule is CN(C)c1ccc(N2C(=S)N[C@H](c3ccccn3)[C@@H]2c2cccn2C[C@H]2CCCO2)cc1. The molecule has 3 aromatic rings. The van der Waals surface area contributed by atoms with Crippen molar-refractivity contribution in [3.05, 3.63) is 78.4 Å². The zero-order chi connectivity index (χ0) is 22.1. The molecule has 0 radical (unpaired) electrons. The van der Waals surface area contributed by atoms with Crippen molar-refractivity contribution in [2.24, 2.45) is 0 Å². The number of pyridine rings is 1. The van der Waals surface area contributed by atoms with Crippen LogP contribution in [0.5, 0.6) is 0 Å². The Balaban J connectivity index is 1.55. The van der Waals surface area contributed by atoms with Crippen molar-refractivity contribution in [2.45, 2.75) is 37.6 Å². The van der Waals surface area contributed by atoms with Crippen LogP contribution in [0.25, 0.3) is 0 Å². The zero-order valence-corrected chi connectivity index (χ0v) is 19.3. The molecule has 0 spiro atoms. The predicted molar refractivity (Wildman–Crippen MR) is 132 cm³/mol. The molecule has 2 aliphatic heterocycles. The second kappa shape index (κ2) is 8.92. The van der Waals surface area contributed by atoms with Gasteiger partial charge in [0.15, 0.2) is 5.11 Å². The molecular weight excluding hydrogens is 418 g/mol. The van der Waals surface area contributed by atoms with Gasteiger partial charge in [0.2, 0.25) is 0 Å². The second-order valence-corrected chi connectivity index (χ2v) is 9.01. The number of hydrogen-bond acceptors (Lipinski definition) is 4. The molecule has 2 saturated heterocycles. The van der Waals surface area contributed by atoms with Gasteiger partial charge in [-0.3, -0.25) is 4.98 Å². The average molecular weight is 448 g/mol. The van der Waals surface area contributed by atoms with Crippen LogP contribution in [0.2, 0.25) is 0 Å². The highest BCUT2D eigenvalue weighted by Crippen LogP contribution is 2.42.